The molecule has 0 radical (unpaired) electrons. The second-order valence-electron chi connectivity index (χ2n) is 5.32. The molecule has 0 aromatic heterocycles. The molecule has 5 heteroatoms. The van der Waals surface area contributed by atoms with Gasteiger partial charge in [-0.3, -0.25) is 0 Å². The van der Waals surface area contributed by atoms with Crippen molar-refractivity contribution in [1.29, 1.82) is 0 Å². The van der Waals surface area contributed by atoms with Gasteiger partial charge in [0, 0.05) is 12.5 Å². The molecule has 0 bridgehead atoms. The lowest BCUT2D eigenvalue weighted by atomic mass is 10.0. The minimum absolute atomic E-state index is 0.0679. The summed E-state index contributed by atoms with van der Waals surface area (Å²) in [7, 11) is 0. The second kappa shape index (κ2) is 11.2. The van der Waals surface area contributed by atoms with Crippen molar-refractivity contribution < 1.29 is 24.1 Å². The van der Waals surface area contributed by atoms with Gasteiger partial charge in [0.2, 0.25) is 5.75 Å². The van der Waals surface area contributed by atoms with E-state index in [1.807, 2.05) is 20.8 Å². The fraction of sp³-hybridized carbons (Fsp3) is 0.550. The minimum atomic E-state index is -1.07. The highest BCUT2D eigenvalue weighted by Gasteiger charge is 2.24. The molecule has 0 aliphatic carbocycles. The molecule has 0 unspecified atom stereocenters. The molecular formula is C20H28O5. The third-order valence-corrected chi connectivity index (χ3v) is 3.43. The minimum Gasteiger partial charge on any atom is -0.490 e. The van der Waals surface area contributed by atoms with E-state index in [0.717, 1.165) is 25.7 Å². The molecule has 0 heterocycles. The molecule has 0 aliphatic heterocycles. The zero-order valence-electron chi connectivity index (χ0n) is 15.6. The summed E-state index contributed by atoms with van der Waals surface area (Å²) in [5, 5.41) is 9.59. The summed E-state index contributed by atoms with van der Waals surface area (Å²) >= 11 is 0. The number of carboxylic acid groups (broad SMARTS) is 1. The van der Waals surface area contributed by atoms with E-state index >= 15 is 0 Å². The Balaban J connectivity index is 3.46. The van der Waals surface area contributed by atoms with Crippen molar-refractivity contribution in [2.24, 2.45) is 0 Å². The Morgan fingerprint density at radius 2 is 1.64 bits per heavy atom. The first-order chi connectivity index (χ1) is 12.1. The van der Waals surface area contributed by atoms with Crippen LogP contribution >= 0.6 is 0 Å². The van der Waals surface area contributed by atoms with Crippen molar-refractivity contribution >= 4 is 5.97 Å². The van der Waals surface area contributed by atoms with Gasteiger partial charge in [-0.2, -0.15) is 0 Å². The highest BCUT2D eigenvalue weighted by molar-refractivity contribution is 5.93. The van der Waals surface area contributed by atoms with E-state index in [-0.39, 0.29) is 5.56 Å². The first-order valence-corrected chi connectivity index (χ1v) is 8.92. The van der Waals surface area contributed by atoms with Gasteiger partial charge in [0.25, 0.3) is 0 Å². The first-order valence-electron chi connectivity index (χ1n) is 8.92. The topological polar surface area (TPSA) is 65.0 Å². The van der Waals surface area contributed by atoms with Crippen molar-refractivity contribution in [3.8, 4) is 29.1 Å². The number of aromatic carboxylic acids is 1. The number of hydrogen-bond acceptors (Lipinski definition) is 4. The third-order valence-electron chi connectivity index (χ3n) is 3.43. The monoisotopic (exact) mass is 348 g/mol. The van der Waals surface area contributed by atoms with Gasteiger partial charge in [-0.15, -0.1) is 0 Å². The third kappa shape index (κ3) is 5.90. The van der Waals surface area contributed by atoms with Crippen LogP contribution in [-0.2, 0) is 0 Å². The van der Waals surface area contributed by atoms with Crippen molar-refractivity contribution in [1.82, 2.24) is 0 Å². The van der Waals surface area contributed by atoms with Gasteiger partial charge in [0.1, 0.15) is 0 Å². The molecule has 0 aliphatic rings. The van der Waals surface area contributed by atoms with Crippen LogP contribution in [0, 0.1) is 11.8 Å². The Labute approximate surface area is 150 Å². The zero-order chi connectivity index (χ0) is 18.7. The maximum absolute atomic E-state index is 11.7. The lowest BCUT2D eigenvalue weighted by Gasteiger charge is -2.18. The van der Waals surface area contributed by atoms with Crippen LogP contribution in [-0.4, -0.2) is 30.9 Å². The summed E-state index contributed by atoms with van der Waals surface area (Å²) in [5.74, 6) is 6.10. The Bertz CT molecular complexity index is 625. The van der Waals surface area contributed by atoms with Crippen LogP contribution in [0.25, 0.3) is 0 Å². The lowest BCUT2D eigenvalue weighted by molar-refractivity contribution is 0.0695. The van der Waals surface area contributed by atoms with E-state index in [1.165, 1.54) is 6.07 Å². The van der Waals surface area contributed by atoms with E-state index in [4.69, 9.17) is 14.2 Å². The summed E-state index contributed by atoms with van der Waals surface area (Å²) in [4.78, 5) is 11.7. The molecule has 0 saturated carbocycles. The Kier molecular flexibility index (Phi) is 9.31. The van der Waals surface area contributed by atoms with Gasteiger partial charge in [-0.05, 0) is 27.2 Å². The van der Waals surface area contributed by atoms with E-state index < -0.39 is 5.97 Å². The first kappa shape index (κ1) is 20.7. The number of carbonyl (C=O) groups is 1. The van der Waals surface area contributed by atoms with Crippen LogP contribution in [0.4, 0.5) is 0 Å². The molecule has 1 rings (SSSR count). The standard InChI is InChI=1S/C20H28O5/c1-5-9-10-11-12-13-15-16(20(21)22)14-17(23-6-2)19(25-8-4)18(15)24-7-3/h14H,5-11H2,1-4H3,(H,21,22). The van der Waals surface area contributed by atoms with E-state index in [1.54, 1.807) is 0 Å². The van der Waals surface area contributed by atoms with Crippen LogP contribution in [0.5, 0.6) is 17.2 Å². The van der Waals surface area contributed by atoms with Crippen LogP contribution in [0.1, 0.15) is 69.3 Å². The average molecular weight is 348 g/mol. The van der Waals surface area contributed by atoms with Crippen molar-refractivity contribution in [3.05, 3.63) is 17.2 Å². The predicted octanol–water partition coefficient (Wildman–Crippen LogP) is 4.51. The highest BCUT2D eigenvalue weighted by Crippen LogP contribution is 2.42. The zero-order valence-corrected chi connectivity index (χ0v) is 15.6. The number of unbranched alkanes of at least 4 members (excludes halogenated alkanes) is 3. The van der Waals surface area contributed by atoms with Crippen LogP contribution in [0.2, 0.25) is 0 Å². The second-order valence-corrected chi connectivity index (χ2v) is 5.32. The Morgan fingerprint density at radius 1 is 1.00 bits per heavy atom. The molecular weight excluding hydrogens is 320 g/mol. The molecule has 1 aromatic carbocycles. The molecule has 1 aromatic rings. The van der Waals surface area contributed by atoms with Gasteiger partial charge in [-0.1, -0.05) is 31.6 Å². The predicted molar refractivity (Wildman–Crippen MR) is 97.9 cm³/mol. The molecule has 5 nitrogen and oxygen atoms in total. The molecule has 0 atom stereocenters. The normalized spacial score (nSPS) is 9.92. The largest absolute Gasteiger partial charge is 0.490 e. The van der Waals surface area contributed by atoms with Gasteiger partial charge in [-0.25, -0.2) is 4.79 Å². The molecule has 0 saturated heterocycles. The number of rotatable bonds is 10. The SMILES string of the molecule is CCCCCC#Cc1c(C(=O)O)cc(OCC)c(OCC)c1OCC. The molecule has 0 fully saturated rings. The number of ether oxygens (including phenoxy) is 3. The smallest absolute Gasteiger partial charge is 0.337 e. The molecule has 138 valence electrons. The van der Waals surface area contributed by atoms with Crippen LogP contribution in [0.15, 0.2) is 6.07 Å². The summed E-state index contributed by atoms with van der Waals surface area (Å²) in [6, 6.07) is 1.47. The Morgan fingerprint density at radius 3 is 2.20 bits per heavy atom. The van der Waals surface area contributed by atoms with Gasteiger partial charge in [0.05, 0.1) is 30.9 Å². The van der Waals surface area contributed by atoms with E-state index in [2.05, 4.69) is 18.8 Å². The van der Waals surface area contributed by atoms with Crippen molar-refractivity contribution in [2.75, 3.05) is 19.8 Å². The summed E-state index contributed by atoms with van der Waals surface area (Å²) in [5.41, 5.74) is 0.413. The van der Waals surface area contributed by atoms with Gasteiger partial charge < -0.3 is 19.3 Å². The van der Waals surface area contributed by atoms with E-state index in [0.29, 0.717) is 42.6 Å². The quantitative estimate of drug-likeness (QED) is 0.498. The van der Waals surface area contributed by atoms with Gasteiger partial charge >= 0.3 is 5.97 Å². The molecule has 1 N–H and O–H groups in total. The lowest BCUT2D eigenvalue weighted by Crippen LogP contribution is -2.09. The summed E-state index contributed by atoms with van der Waals surface area (Å²) in [6.45, 7) is 8.83. The van der Waals surface area contributed by atoms with Crippen LogP contribution in [0.3, 0.4) is 0 Å². The number of hydrogen-bond donors (Lipinski definition) is 1. The molecule has 0 spiro atoms. The maximum Gasteiger partial charge on any atom is 0.337 e. The maximum atomic E-state index is 11.7. The number of carboxylic acids is 1. The fourth-order valence-corrected chi connectivity index (χ4v) is 2.35. The van der Waals surface area contributed by atoms with Gasteiger partial charge in [0.15, 0.2) is 11.5 Å². The van der Waals surface area contributed by atoms with Crippen molar-refractivity contribution in [3.63, 3.8) is 0 Å². The fourth-order valence-electron chi connectivity index (χ4n) is 2.35. The Hall–Kier alpha value is -2.35. The van der Waals surface area contributed by atoms with E-state index in [9.17, 15) is 9.90 Å². The van der Waals surface area contributed by atoms with Crippen molar-refractivity contribution in [2.45, 2.75) is 53.4 Å². The number of benzene rings is 1. The average Bonchev–Trinajstić information content (AvgIpc) is 2.58. The highest BCUT2D eigenvalue weighted by atomic mass is 16.5. The molecule has 25 heavy (non-hydrogen) atoms. The summed E-state index contributed by atoms with van der Waals surface area (Å²) < 4.78 is 17.0. The van der Waals surface area contributed by atoms with Crippen LogP contribution < -0.4 is 14.2 Å². The summed E-state index contributed by atoms with van der Waals surface area (Å²) in [6.07, 6.45) is 3.93. The molecule has 0 amide bonds.